The molecule has 6 heteroatoms. The van der Waals surface area contributed by atoms with E-state index >= 15 is 0 Å². The molecule has 2 aliphatic heterocycles. The summed E-state index contributed by atoms with van der Waals surface area (Å²) in [4.78, 5) is 4.86. The minimum absolute atomic E-state index is 0.126. The van der Waals surface area contributed by atoms with Crippen LogP contribution in [0.1, 0.15) is 87.0 Å². The van der Waals surface area contributed by atoms with Gasteiger partial charge < -0.3 is 14.4 Å². The van der Waals surface area contributed by atoms with E-state index < -0.39 is 5.41 Å². The van der Waals surface area contributed by atoms with Crippen LogP contribution in [-0.4, -0.2) is 81.9 Å². The monoisotopic (exact) mass is 492 g/mol. The van der Waals surface area contributed by atoms with Crippen molar-refractivity contribution in [2.45, 2.75) is 92.4 Å². The molecule has 2 saturated carbocycles. The number of nitrogens with zero attached hydrogens (tertiary/aromatic N) is 2. The molecular weight excluding hydrogens is 434 g/mol. The minimum Gasteiger partial charge on any atom is -0.384 e. The lowest BCUT2D eigenvalue weighted by Gasteiger charge is -2.23. The summed E-state index contributed by atoms with van der Waals surface area (Å²) in [5.74, 6) is 0.126. The maximum absolute atomic E-state index is 13.9. The number of hydrogen-bond acceptors (Lipinski definition) is 4. The summed E-state index contributed by atoms with van der Waals surface area (Å²) >= 11 is 0. The lowest BCUT2D eigenvalue weighted by molar-refractivity contribution is 0.112. The lowest BCUT2D eigenvalue weighted by Crippen LogP contribution is -2.32. The first-order valence-electron chi connectivity index (χ1n) is 13.7. The Hall–Kier alpha value is 0.200. The number of ether oxygens (including phenoxy) is 2. The molecule has 0 bridgehead atoms. The highest BCUT2D eigenvalue weighted by Gasteiger charge is 2.48. The first-order chi connectivity index (χ1) is 15.8. The SMILES string of the molecule is CC.CC.CC.COCC1(CN2CC(C)C(F)(P)C2)CC1.COCC1(CN2CCCC2)CC1. The molecule has 0 spiro atoms. The van der Waals surface area contributed by atoms with Crippen molar-refractivity contribution >= 4 is 9.24 Å². The second-order valence-electron chi connectivity index (χ2n) is 9.85. The number of alkyl halides is 1. The van der Waals surface area contributed by atoms with Gasteiger partial charge in [0.1, 0.15) is 5.41 Å². The molecule has 4 aliphatic rings. The van der Waals surface area contributed by atoms with Gasteiger partial charge in [0.25, 0.3) is 0 Å². The molecular formula is C27H58FN2O2P. The molecule has 33 heavy (non-hydrogen) atoms. The Labute approximate surface area is 208 Å². The summed E-state index contributed by atoms with van der Waals surface area (Å²) in [6, 6.07) is 0. The molecule has 0 N–H and O–H groups in total. The lowest BCUT2D eigenvalue weighted by atomic mass is 10.1. The van der Waals surface area contributed by atoms with Crippen molar-refractivity contribution in [2.75, 3.05) is 66.7 Å². The van der Waals surface area contributed by atoms with E-state index in [-0.39, 0.29) is 5.92 Å². The highest BCUT2D eigenvalue weighted by molar-refractivity contribution is 7.18. The molecule has 0 aromatic heterocycles. The number of halogens is 1. The quantitative estimate of drug-likeness (QED) is 0.362. The molecule has 0 amide bonds. The summed E-state index contributed by atoms with van der Waals surface area (Å²) in [5.41, 5.74) is 0.915. The second kappa shape index (κ2) is 16.8. The van der Waals surface area contributed by atoms with Crippen LogP contribution in [0.2, 0.25) is 0 Å². The fourth-order valence-electron chi connectivity index (χ4n) is 4.77. The standard InChI is InChI=1S/C11H21FNOP.C10H19NO.3C2H6/c1-9-5-13(7-11(9,12)15)6-10(3-4-10)8-14-2;1-12-9-10(4-5-10)8-11-6-2-3-7-11;3*1-2/h9H,3-8,15H2,1-2H3;2-9H2,1H3;3*1-2H3. The summed E-state index contributed by atoms with van der Waals surface area (Å²) in [6.45, 7) is 22.2. The predicted octanol–water partition coefficient (Wildman–Crippen LogP) is 6.49. The van der Waals surface area contributed by atoms with E-state index in [1.807, 2.05) is 55.6 Å². The van der Waals surface area contributed by atoms with Crippen LogP contribution in [0.3, 0.4) is 0 Å². The Morgan fingerprint density at radius 1 is 0.788 bits per heavy atom. The van der Waals surface area contributed by atoms with E-state index in [2.05, 4.69) is 19.0 Å². The zero-order valence-corrected chi connectivity index (χ0v) is 24.8. The van der Waals surface area contributed by atoms with Crippen molar-refractivity contribution in [3.8, 4) is 0 Å². The topological polar surface area (TPSA) is 24.9 Å². The molecule has 0 radical (unpaired) electrons. The highest BCUT2D eigenvalue weighted by atomic mass is 31.0. The molecule has 3 unspecified atom stereocenters. The maximum atomic E-state index is 13.9. The highest BCUT2D eigenvalue weighted by Crippen LogP contribution is 2.48. The van der Waals surface area contributed by atoms with E-state index in [1.54, 1.807) is 7.11 Å². The maximum Gasteiger partial charge on any atom is 0.140 e. The van der Waals surface area contributed by atoms with Crippen LogP contribution in [0.5, 0.6) is 0 Å². The van der Waals surface area contributed by atoms with Gasteiger partial charge in [-0.25, -0.2) is 4.39 Å². The van der Waals surface area contributed by atoms with Gasteiger partial charge in [-0.2, -0.15) is 0 Å². The van der Waals surface area contributed by atoms with Crippen LogP contribution in [0.25, 0.3) is 0 Å². The third-order valence-electron chi connectivity index (χ3n) is 6.95. The average molecular weight is 493 g/mol. The first-order valence-corrected chi connectivity index (χ1v) is 14.3. The Morgan fingerprint density at radius 2 is 1.18 bits per heavy atom. The van der Waals surface area contributed by atoms with E-state index in [4.69, 9.17) is 9.47 Å². The van der Waals surface area contributed by atoms with Crippen LogP contribution in [0, 0.1) is 16.7 Å². The van der Waals surface area contributed by atoms with Crippen molar-refractivity contribution < 1.29 is 13.9 Å². The molecule has 4 rings (SSSR count). The Bertz CT molecular complexity index is 479. The van der Waals surface area contributed by atoms with Crippen molar-refractivity contribution in [2.24, 2.45) is 16.7 Å². The van der Waals surface area contributed by atoms with E-state index in [9.17, 15) is 4.39 Å². The minimum atomic E-state index is -1.08. The smallest absolute Gasteiger partial charge is 0.140 e. The number of rotatable bonds is 8. The molecule has 0 aromatic carbocycles. The predicted molar refractivity (Wildman–Crippen MR) is 146 cm³/mol. The van der Waals surface area contributed by atoms with Gasteiger partial charge in [0.2, 0.25) is 0 Å². The van der Waals surface area contributed by atoms with Gasteiger partial charge in [-0.05, 0) is 51.6 Å². The number of hydrogen-bond donors (Lipinski definition) is 0. The number of methoxy groups -OCH3 is 2. The van der Waals surface area contributed by atoms with Gasteiger partial charge in [0, 0.05) is 57.1 Å². The van der Waals surface area contributed by atoms with Crippen molar-refractivity contribution in [3.05, 3.63) is 0 Å². The second-order valence-corrected chi connectivity index (χ2v) is 10.8. The average Bonchev–Trinajstić information content (AvgIpc) is 3.66. The molecule has 3 atom stereocenters. The first kappa shape index (κ1) is 33.2. The van der Waals surface area contributed by atoms with Crippen LogP contribution >= 0.6 is 9.24 Å². The normalized spacial score (nSPS) is 28.6. The van der Waals surface area contributed by atoms with Gasteiger partial charge in [0.05, 0.1) is 13.2 Å². The fourth-order valence-corrected chi connectivity index (χ4v) is 5.14. The van der Waals surface area contributed by atoms with Gasteiger partial charge >= 0.3 is 0 Å². The number of likely N-dealkylation sites (tertiary alicyclic amines) is 2. The van der Waals surface area contributed by atoms with Gasteiger partial charge in [-0.15, -0.1) is 0 Å². The van der Waals surface area contributed by atoms with Crippen LogP contribution in [0.15, 0.2) is 0 Å². The zero-order chi connectivity index (χ0) is 25.5. The zero-order valence-electron chi connectivity index (χ0n) is 23.6. The van der Waals surface area contributed by atoms with Gasteiger partial charge in [0.15, 0.2) is 0 Å². The summed E-state index contributed by atoms with van der Waals surface area (Å²) in [5, 5.41) is -1.08. The third-order valence-corrected chi connectivity index (χ3v) is 7.70. The Balaban J connectivity index is 0.000000514. The summed E-state index contributed by atoms with van der Waals surface area (Å²) < 4.78 is 24.4. The van der Waals surface area contributed by atoms with E-state index in [0.717, 1.165) is 26.3 Å². The Kier molecular flexibility index (Phi) is 16.9. The van der Waals surface area contributed by atoms with Crippen molar-refractivity contribution in [1.82, 2.24) is 9.80 Å². The van der Waals surface area contributed by atoms with Crippen LogP contribution in [-0.2, 0) is 9.47 Å². The molecule has 200 valence electrons. The van der Waals surface area contributed by atoms with E-state index in [1.165, 1.54) is 58.2 Å². The van der Waals surface area contributed by atoms with E-state index in [0.29, 0.717) is 17.4 Å². The van der Waals surface area contributed by atoms with Crippen molar-refractivity contribution in [1.29, 1.82) is 0 Å². The third kappa shape index (κ3) is 11.7. The summed E-state index contributed by atoms with van der Waals surface area (Å²) in [6.07, 6.45) is 8.06. The molecule has 4 nitrogen and oxygen atoms in total. The molecule has 4 fully saturated rings. The van der Waals surface area contributed by atoms with Gasteiger partial charge in [-0.1, -0.05) is 57.7 Å². The van der Waals surface area contributed by atoms with Crippen LogP contribution in [0.4, 0.5) is 4.39 Å². The fraction of sp³-hybridized carbons (Fsp3) is 1.00. The molecule has 2 aliphatic carbocycles. The van der Waals surface area contributed by atoms with Crippen molar-refractivity contribution in [3.63, 3.8) is 0 Å². The van der Waals surface area contributed by atoms with Gasteiger partial charge in [-0.3, -0.25) is 4.90 Å². The van der Waals surface area contributed by atoms with Crippen LogP contribution < -0.4 is 0 Å². The largest absolute Gasteiger partial charge is 0.384 e. The molecule has 2 heterocycles. The molecule has 2 saturated heterocycles. The molecule has 0 aromatic rings. The Morgan fingerprint density at radius 3 is 1.48 bits per heavy atom. The summed E-state index contributed by atoms with van der Waals surface area (Å²) in [7, 11) is 5.95.